The maximum atomic E-state index is 12.7. The molecule has 8 nitrogen and oxygen atoms in total. The maximum absolute atomic E-state index is 12.7. The van der Waals surface area contributed by atoms with Crippen molar-refractivity contribution in [3.05, 3.63) is 64.7 Å². The van der Waals surface area contributed by atoms with Gasteiger partial charge in [-0.05, 0) is 18.2 Å². The second-order valence-electron chi connectivity index (χ2n) is 5.87. The van der Waals surface area contributed by atoms with Crippen LogP contribution in [0.2, 0.25) is 5.02 Å². The highest BCUT2D eigenvalue weighted by atomic mass is 35.5. The average molecular weight is 405 g/mol. The zero-order valence-electron chi connectivity index (χ0n) is 14.6. The molecule has 1 amide bonds. The molecule has 0 radical (unpaired) electrons. The van der Waals surface area contributed by atoms with E-state index in [1.165, 1.54) is 18.2 Å². The number of benzene rings is 2. The Balaban J connectivity index is 2.21. The summed E-state index contributed by atoms with van der Waals surface area (Å²) in [6.07, 6.45) is 0. The molecule has 146 valence electrons. The Labute approximate surface area is 165 Å². The Bertz CT molecular complexity index is 885. The molecule has 2 rings (SSSR count). The first-order chi connectivity index (χ1) is 13.3. The van der Waals surface area contributed by atoms with Gasteiger partial charge in [0.1, 0.15) is 0 Å². The third kappa shape index (κ3) is 6.19. The first-order valence-corrected chi connectivity index (χ1v) is 8.49. The van der Waals surface area contributed by atoms with Crippen LogP contribution in [0.15, 0.2) is 48.5 Å². The van der Waals surface area contributed by atoms with Crippen molar-refractivity contribution in [2.24, 2.45) is 0 Å². The number of nitrogens with one attached hydrogen (secondary N) is 1. The highest BCUT2D eigenvalue weighted by Gasteiger charge is 2.20. The van der Waals surface area contributed by atoms with E-state index >= 15 is 0 Å². The lowest BCUT2D eigenvalue weighted by Crippen LogP contribution is -2.40. The Hall–Kier alpha value is -3.23. The number of anilines is 1. The van der Waals surface area contributed by atoms with Crippen LogP contribution in [-0.4, -0.2) is 58.4 Å². The SMILES string of the molecule is O=C(O)CN(CC(=O)O)CC(=O)Nc1ccc(Cl)cc1C(=O)c1ccccc1. The van der Waals surface area contributed by atoms with Crippen LogP contribution in [0.25, 0.3) is 0 Å². The van der Waals surface area contributed by atoms with E-state index in [9.17, 15) is 19.2 Å². The summed E-state index contributed by atoms with van der Waals surface area (Å²) in [5.41, 5.74) is 0.752. The normalized spacial score (nSPS) is 10.5. The summed E-state index contributed by atoms with van der Waals surface area (Å²) < 4.78 is 0. The summed E-state index contributed by atoms with van der Waals surface area (Å²) in [7, 11) is 0. The molecule has 0 aliphatic rings. The second-order valence-corrected chi connectivity index (χ2v) is 6.30. The van der Waals surface area contributed by atoms with Gasteiger partial charge in [-0.1, -0.05) is 41.9 Å². The molecule has 0 atom stereocenters. The van der Waals surface area contributed by atoms with Crippen molar-refractivity contribution in [3.63, 3.8) is 0 Å². The average Bonchev–Trinajstić information content (AvgIpc) is 2.62. The van der Waals surface area contributed by atoms with Crippen molar-refractivity contribution in [3.8, 4) is 0 Å². The van der Waals surface area contributed by atoms with Gasteiger partial charge in [-0.25, -0.2) is 0 Å². The number of aliphatic carboxylic acids is 2. The van der Waals surface area contributed by atoms with Crippen LogP contribution in [0.4, 0.5) is 5.69 Å². The molecule has 0 aliphatic carbocycles. The molecule has 0 spiro atoms. The topological polar surface area (TPSA) is 124 Å². The van der Waals surface area contributed by atoms with E-state index in [2.05, 4.69) is 5.32 Å². The van der Waals surface area contributed by atoms with Gasteiger partial charge in [-0.15, -0.1) is 0 Å². The molecule has 0 saturated carbocycles. The van der Waals surface area contributed by atoms with Crippen LogP contribution < -0.4 is 5.32 Å². The molecule has 0 bridgehead atoms. The van der Waals surface area contributed by atoms with E-state index in [4.69, 9.17) is 21.8 Å². The van der Waals surface area contributed by atoms with E-state index in [0.29, 0.717) is 10.6 Å². The van der Waals surface area contributed by atoms with E-state index in [1.54, 1.807) is 30.3 Å². The van der Waals surface area contributed by atoms with Gasteiger partial charge < -0.3 is 15.5 Å². The molecular formula is C19H17ClN2O6. The predicted octanol–water partition coefficient (Wildman–Crippen LogP) is 1.98. The van der Waals surface area contributed by atoms with Crippen LogP contribution in [0.1, 0.15) is 15.9 Å². The van der Waals surface area contributed by atoms with Gasteiger partial charge in [0.25, 0.3) is 0 Å². The number of nitrogens with zero attached hydrogens (tertiary/aromatic N) is 1. The number of carbonyl (C=O) groups excluding carboxylic acids is 2. The molecule has 9 heteroatoms. The number of carboxylic acid groups (broad SMARTS) is 2. The fourth-order valence-corrected chi connectivity index (χ4v) is 2.67. The number of carboxylic acids is 2. The second kappa shape index (κ2) is 9.63. The fourth-order valence-electron chi connectivity index (χ4n) is 2.50. The molecule has 0 aromatic heterocycles. The van der Waals surface area contributed by atoms with Crippen LogP contribution >= 0.6 is 11.6 Å². The molecule has 0 heterocycles. The Morgan fingerprint density at radius 1 is 0.893 bits per heavy atom. The van der Waals surface area contributed by atoms with Crippen molar-refractivity contribution in [1.82, 2.24) is 4.90 Å². The first kappa shape index (κ1) is 21.1. The van der Waals surface area contributed by atoms with Crippen molar-refractivity contribution in [1.29, 1.82) is 0 Å². The minimum Gasteiger partial charge on any atom is -0.480 e. The molecule has 2 aromatic rings. The molecule has 28 heavy (non-hydrogen) atoms. The van der Waals surface area contributed by atoms with Crippen LogP contribution in [0.3, 0.4) is 0 Å². The third-order valence-electron chi connectivity index (χ3n) is 3.62. The fraction of sp³-hybridized carbons (Fsp3) is 0.158. The van der Waals surface area contributed by atoms with Crippen molar-refractivity contribution in [2.75, 3.05) is 25.0 Å². The summed E-state index contributed by atoms with van der Waals surface area (Å²) >= 11 is 5.98. The largest absolute Gasteiger partial charge is 0.480 e. The van der Waals surface area contributed by atoms with E-state index in [1.807, 2.05) is 0 Å². The zero-order valence-corrected chi connectivity index (χ0v) is 15.3. The van der Waals surface area contributed by atoms with Crippen molar-refractivity contribution >= 4 is 40.9 Å². The van der Waals surface area contributed by atoms with Gasteiger partial charge in [0.15, 0.2) is 5.78 Å². The number of amides is 1. The van der Waals surface area contributed by atoms with Crippen molar-refractivity contribution in [2.45, 2.75) is 0 Å². The molecule has 0 saturated heterocycles. The summed E-state index contributed by atoms with van der Waals surface area (Å²) in [6, 6.07) is 12.8. The smallest absolute Gasteiger partial charge is 0.317 e. The zero-order chi connectivity index (χ0) is 20.7. The monoisotopic (exact) mass is 404 g/mol. The molecule has 2 aromatic carbocycles. The number of hydrogen-bond acceptors (Lipinski definition) is 5. The molecule has 0 aliphatic heterocycles. The van der Waals surface area contributed by atoms with Crippen molar-refractivity contribution < 1.29 is 29.4 Å². The minimum absolute atomic E-state index is 0.162. The van der Waals surface area contributed by atoms with Crippen LogP contribution in [-0.2, 0) is 14.4 Å². The molecular weight excluding hydrogens is 388 g/mol. The molecule has 0 fully saturated rings. The predicted molar refractivity (Wildman–Crippen MR) is 102 cm³/mol. The Kier molecular flexibility index (Phi) is 7.25. The summed E-state index contributed by atoms with van der Waals surface area (Å²) in [4.78, 5) is 47.7. The highest BCUT2D eigenvalue weighted by molar-refractivity contribution is 6.31. The van der Waals surface area contributed by atoms with Gasteiger partial charge in [0, 0.05) is 16.1 Å². The lowest BCUT2D eigenvalue weighted by Gasteiger charge is -2.18. The minimum atomic E-state index is -1.26. The highest BCUT2D eigenvalue weighted by Crippen LogP contribution is 2.23. The number of halogens is 1. The number of hydrogen-bond donors (Lipinski definition) is 3. The lowest BCUT2D eigenvalue weighted by molar-refractivity contribution is -0.142. The number of carbonyl (C=O) groups is 4. The Morgan fingerprint density at radius 3 is 2.07 bits per heavy atom. The molecule has 3 N–H and O–H groups in total. The lowest BCUT2D eigenvalue weighted by atomic mass is 10.0. The van der Waals surface area contributed by atoms with E-state index in [-0.39, 0.29) is 17.0 Å². The summed E-state index contributed by atoms with van der Waals surface area (Å²) in [6.45, 7) is -1.70. The van der Waals surface area contributed by atoms with Gasteiger partial charge in [-0.3, -0.25) is 24.1 Å². The summed E-state index contributed by atoms with van der Waals surface area (Å²) in [5.74, 6) is -3.54. The third-order valence-corrected chi connectivity index (χ3v) is 3.86. The van der Waals surface area contributed by atoms with Gasteiger partial charge >= 0.3 is 11.9 Å². The van der Waals surface area contributed by atoms with E-state index < -0.39 is 37.5 Å². The van der Waals surface area contributed by atoms with Crippen LogP contribution in [0.5, 0.6) is 0 Å². The quantitative estimate of drug-likeness (QED) is 0.546. The number of rotatable bonds is 9. The maximum Gasteiger partial charge on any atom is 0.317 e. The Morgan fingerprint density at radius 2 is 1.50 bits per heavy atom. The van der Waals surface area contributed by atoms with Gasteiger partial charge in [0.05, 0.1) is 25.3 Å². The summed E-state index contributed by atoms with van der Waals surface area (Å²) in [5, 5.41) is 20.5. The van der Waals surface area contributed by atoms with E-state index in [0.717, 1.165) is 4.90 Å². The number of ketones is 1. The van der Waals surface area contributed by atoms with Gasteiger partial charge in [-0.2, -0.15) is 0 Å². The first-order valence-electron chi connectivity index (χ1n) is 8.11. The standard InChI is InChI=1S/C19H17ClN2O6/c20-13-6-7-15(14(8-13)19(28)12-4-2-1-3-5-12)21-16(23)9-22(10-17(24)25)11-18(26)27/h1-8H,9-11H2,(H,21,23)(H,24,25)(H,26,27). The van der Waals surface area contributed by atoms with Crippen LogP contribution in [0, 0.1) is 0 Å². The molecule has 0 unspecified atom stereocenters. The van der Waals surface area contributed by atoms with Gasteiger partial charge in [0.2, 0.25) is 5.91 Å².